The molecule has 0 saturated heterocycles. The van der Waals surface area contributed by atoms with Crippen LogP contribution in [0.1, 0.15) is 31.3 Å². The topological polar surface area (TPSA) is 110 Å². The maximum absolute atomic E-state index is 12.1. The van der Waals surface area contributed by atoms with Crippen LogP contribution < -0.4 is 15.4 Å². The highest BCUT2D eigenvalue weighted by atomic mass is 35.5. The van der Waals surface area contributed by atoms with E-state index in [0.29, 0.717) is 26.2 Å². The van der Waals surface area contributed by atoms with Gasteiger partial charge in [-0.1, -0.05) is 0 Å². The Hall–Kier alpha value is -1.13. The summed E-state index contributed by atoms with van der Waals surface area (Å²) in [6, 6.07) is 2.60. The molecule has 0 aliphatic carbocycles. The third kappa shape index (κ3) is 8.11. The van der Waals surface area contributed by atoms with Crippen molar-refractivity contribution in [3.05, 3.63) is 17.9 Å². The summed E-state index contributed by atoms with van der Waals surface area (Å²) >= 11 is 0. The molecule has 0 saturated carbocycles. The second-order valence-electron chi connectivity index (χ2n) is 5.97. The van der Waals surface area contributed by atoms with E-state index in [9.17, 15) is 13.2 Å². The average molecular weight is 384 g/mol. The third-order valence-corrected chi connectivity index (χ3v) is 4.21. The van der Waals surface area contributed by atoms with Crippen LogP contribution in [-0.2, 0) is 14.8 Å². The Kier molecular flexibility index (Phi) is 9.53. The molecular weight excluding hydrogens is 358 g/mol. The van der Waals surface area contributed by atoms with Crippen molar-refractivity contribution in [3.63, 3.8) is 0 Å². The summed E-state index contributed by atoms with van der Waals surface area (Å²) < 4.78 is 36.7. The van der Waals surface area contributed by atoms with E-state index in [0.717, 1.165) is 0 Å². The number of carbonyl (C=O) groups excluding carboxylic acids is 1. The summed E-state index contributed by atoms with van der Waals surface area (Å²) in [5.74, 6) is -0.507. The van der Waals surface area contributed by atoms with Gasteiger partial charge in [0.15, 0.2) is 5.76 Å². The van der Waals surface area contributed by atoms with Gasteiger partial charge >= 0.3 is 0 Å². The number of hydrogen-bond donors (Lipinski definition) is 3. The van der Waals surface area contributed by atoms with E-state index in [1.807, 2.05) is 0 Å². The minimum Gasteiger partial charge on any atom is -0.438 e. The fraction of sp³-hybridized carbons (Fsp3) is 0.643. The maximum Gasteiger partial charge on any atom is 0.287 e. The van der Waals surface area contributed by atoms with E-state index < -0.39 is 21.5 Å². The number of hydrogen-bond acceptors (Lipinski definition) is 6. The first-order valence-corrected chi connectivity index (χ1v) is 8.76. The lowest BCUT2D eigenvalue weighted by Gasteiger charge is -2.18. The van der Waals surface area contributed by atoms with Crippen LogP contribution in [0, 0.1) is 0 Å². The van der Waals surface area contributed by atoms with E-state index in [1.54, 1.807) is 27.9 Å². The number of amides is 1. The molecule has 0 fully saturated rings. The number of halogens is 1. The minimum atomic E-state index is -3.79. The molecule has 1 aromatic heterocycles. The van der Waals surface area contributed by atoms with Crippen molar-refractivity contribution in [1.82, 2.24) is 15.4 Å². The van der Waals surface area contributed by atoms with Crippen LogP contribution in [0.2, 0.25) is 0 Å². The Morgan fingerprint density at radius 1 is 1.21 bits per heavy atom. The van der Waals surface area contributed by atoms with Gasteiger partial charge in [0.2, 0.25) is 5.09 Å². The molecule has 0 spiro atoms. The molecule has 0 radical (unpaired) electrons. The van der Waals surface area contributed by atoms with E-state index in [1.165, 1.54) is 12.1 Å². The molecule has 10 heteroatoms. The normalized spacial score (nSPS) is 11.8. The summed E-state index contributed by atoms with van der Waals surface area (Å²) in [4.78, 5) is 11.9. The highest BCUT2D eigenvalue weighted by molar-refractivity contribution is 7.89. The zero-order chi connectivity index (χ0) is 17.5. The summed E-state index contributed by atoms with van der Waals surface area (Å²) in [6.07, 6.45) is 0. The zero-order valence-corrected chi connectivity index (χ0v) is 16.0. The SMILES string of the molecule is COCCNCCNC(=O)c1ccc(S(=O)(=O)NC(C)(C)C)o1.Cl. The molecule has 24 heavy (non-hydrogen) atoms. The predicted octanol–water partition coefficient (Wildman–Crippen LogP) is 0.744. The molecule has 1 amide bonds. The van der Waals surface area contributed by atoms with E-state index in [-0.39, 0.29) is 23.3 Å². The zero-order valence-electron chi connectivity index (χ0n) is 14.3. The summed E-state index contributed by atoms with van der Waals surface area (Å²) in [6.45, 7) is 7.41. The standard InChI is InChI=1S/C14H25N3O5S.ClH/c1-14(2,3)17-23(19,20)12-6-5-11(22-12)13(18)16-8-7-15-9-10-21-4;/h5-6,15,17H,7-10H2,1-4H3,(H,16,18);1H. The van der Waals surface area contributed by atoms with Gasteiger partial charge in [-0.25, -0.2) is 13.1 Å². The van der Waals surface area contributed by atoms with Crippen LogP contribution in [-0.4, -0.2) is 53.2 Å². The number of carbonyl (C=O) groups is 1. The second kappa shape index (κ2) is 10.00. The number of methoxy groups -OCH3 is 1. The molecule has 140 valence electrons. The number of rotatable bonds is 9. The van der Waals surface area contributed by atoms with Crippen molar-refractivity contribution in [3.8, 4) is 0 Å². The molecule has 0 bridgehead atoms. The van der Waals surface area contributed by atoms with Gasteiger partial charge in [0.05, 0.1) is 6.61 Å². The van der Waals surface area contributed by atoms with Crippen molar-refractivity contribution >= 4 is 28.3 Å². The van der Waals surface area contributed by atoms with E-state index >= 15 is 0 Å². The van der Waals surface area contributed by atoms with Gasteiger partial charge in [-0.2, -0.15) is 0 Å². The van der Waals surface area contributed by atoms with Crippen LogP contribution in [0.5, 0.6) is 0 Å². The molecule has 8 nitrogen and oxygen atoms in total. The lowest BCUT2D eigenvalue weighted by Crippen LogP contribution is -2.40. The third-order valence-electron chi connectivity index (χ3n) is 2.58. The van der Waals surface area contributed by atoms with Crippen LogP contribution in [0.3, 0.4) is 0 Å². The monoisotopic (exact) mass is 383 g/mol. The fourth-order valence-electron chi connectivity index (χ4n) is 1.69. The molecule has 0 aromatic carbocycles. The highest BCUT2D eigenvalue weighted by Crippen LogP contribution is 2.16. The van der Waals surface area contributed by atoms with Crippen molar-refractivity contribution < 1.29 is 22.4 Å². The van der Waals surface area contributed by atoms with Crippen molar-refractivity contribution in [2.45, 2.75) is 31.4 Å². The van der Waals surface area contributed by atoms with Gasteiger partial charge in [0.25, 0.3) is 15.9 Å². The predicted molar refractivity (Wildman–Crippen MR) is 93.1 cm³/mol. The maximum atomic E-state index is 12.1. The van der Waals surface area contributed by atoms with Crippen LogP contribution in [0.25, 0.3) is 0 Å². The van der Waals surface area contributed by atoms with E-state index in [2.05, 4.69) is 15.4 Å². The molecule has 0 aliphatic rings. The Morgan fingerprint density at radius 3 is 2.46 bits per heavy atom. The highest BCUT2D eigenvalue weighted by Gasteiger charge is 2.26. The van der Waals surface area contributed by atoms with Gasteiger partial charge in [0.1, 0.15) is 0 Å². The van der Waals surface area contributed by atoms with Gasteiger partial charge in [0, 0.05) is 32.3 Å². The molecule has 1 rings (SSSR count). The molecule has 0 unspecified atom stereocenters. The average Bonchev–Trinajstić information content (AvgIpc) is 2.90. The Bertz CT molecular complexity index is 610. The van der Waals surface area contributed by atoms with Crippen LogP contribution >= 0.6 is 12.4 Å². The molecule has 1 heterocycles. The lowest BCUT2D eigenvalue weighted by atomic mass is 10.1. The number of sulfonamides is 1. The molecular formula is C14H26ClN3O5S. The van der Waals surface area contributed by atoms with Crippen LogP contribution in [0.4, 0.5) is 0 Å². The lowest BCUT2D eigenvalue weighted by molar-refractivity contribution is 0.0920. The minimum absolute atomic E-state index is 0. The number of nitrogens with one attached hydrogen (secondary N) is 3. The molecule has 3 N–H and O–H groups in total. The first-order chi connectivity index (χ1) is 10.7. The first-order valence-electron chi connectivity index (χ1n) is 7.27. The van der Waals surface area contributed by atoms with E-state index in [4.69, 9.17) is 9.15 Å². The Morgan fingerprint density at radius 2 is 1.88 bits per heavy atom. The van der Waals surface area contributed by atoms with Crippen LogP contribution in [0.15, 0.2) is 21.6 Å². The molecule has 0 atom stereocenters. The number of furan rings is 1. The first kappa shape index (κ1) is 22.9. The van der Waals surface area contributed by atoms with Gasteiger partial charge < -0.3 is 19.8 Å². The molecule has 1 aromatic rings. The van der Waals surface area contributed by atoms with Gasteiger partial charge in [-0.05, 0) is 32.9 Å². The largest absolute Gasteiger partial charge is 0.438 e. The Labute approximate surface area is 149 Å². The summed E-state index contributed by atoms with van der Waals surface area (Å²) in [7, 11) is -2.18. The number of ether oxygens (including phenoxy) is 1. The summed E-state index contributed by atoms with van der Waals surface area (Å²) in [5, 5.41) is 5.43. The van der Waals surface area contributed by atoms with Crippen molar-refractivity contribution in [1.29, 1.82) is 0 Å². The smallest absolute Gasteiger partial charge is 0.287 e. The molecule has 0 aliphatic heterocycles. The summed E-state index contributed by atoms with van der Waals surface area (Å²) in [5.41, 5.74) is -0.637. The second-order valence-corrected chi connectivity index (χ2v) is 7.59. The van der Waals surface area contributed by atoms with Gasteiger partial charge in [-0.3, -0.25) is 4.79 Å². The van der Waals surface area contributed by atoms with Crippen molar-refractivity contribution in [2.75, 3.05) is 33.4 Å². The van der Waals surface area contributed by atoms with Crippen molar-refractivity contribution in [2.24, 2.45) is 0 Å². The quantitative estimate of drug-likeness (QED) is 0.543. The van der Waals surface area contributed by atoms with Gasteiger partial charge in [-0.15, -0.1) is 12.4 Å². The Balaban J connectivity index is 0.00000529. The fourth-order valence-corrected chi connectivity index (χ4v) is 3.04.